The summed E-state index contributed by atoms with van der Waals surface area (Å²) in [6, 6.07) is 10.2. The second kappa shape index (κ2) is 4.84. The highest BCUT2D eigenvalue weighted by atomic mass is 16.2. The van der Waals surface area contributed by atoms with Gasteiger partial charge < -0.3 is 10.2 Å². The van der Waals surface area contributed by atoms with Crippen molar-refractivity contribution in [3.8, 4) is 0 Å². The lowest BCUT2D eigenvalue weighted by atomic mass is 10.2. The molecule has 5 heteroatoms. The maximum Gasteiger partial charge on any atom is 0.277 e. The average molecular weight is 280 g/mol. The molecular formula is C16H16N4O. The second-order valence-electron chi connectivity index (χ2n) is 5.52. The number of carbonyl (C=O) groups excluding carboxylic acids is 1. The number of hydrogen-bond donors (Lipinski definition) is 1. The first-order valence-corrected chi connectivity index (χ1v) is 7.30. The molecule has 21 heavy (non-hydrogen) atoms. The van der Waals surface area contributed by atoms with Crippen molar-refractivity contribution in [1.82, 2.24) is 9.97 Å². The lowest BCUT2D eigenvalue weighted by molar-refractivity contribution is 0.0984. The van der Waals surface area contributed by atoms with Crippen LogP contribution in [0.2, 0.25) is 0 Å². The van der Waals surface area contributed by atoms with E-state index in [0.29, 0.717) is 24.2 Å². The molecule has 2 aliphatic rings. The Bertz CT molecular complexity index is 696. The third-order valence-electron chi connectivity index (χ3n) is 3.92. The molecule has 0 radical (unpaired) electrons. The maximum atomic E-state index is 12.7. The molecule has 2 aromatic rings. The summed E-state index contributed by atoms with van der Waals surface area (Å²) >= 11 is 0. The highest BCUT2D eigenvalue weighted by Gasteiger charge is 2.27. The van der Waals surface area contributed by atoms with Crippen LogP contribution in [0, 0.1) is 0 Å². The van der Waals surface area contributed by atoms with Crippen LogP contribution in [0.15, 0.2) is 36.5 Å². The third-order valence-corrected chi connectivity index (χ3v) is 3.92. The molecule has 5 nitrogen and oxygen atoms in total. The Balaban J connectivity index is 1.60. The Hall–Kier alpha value is -2.43. The molecule has 1 N–H and O–H groups in total. The van der Waals surface area contributed by atoms with Crippen LogP contribution in [-0.2, 0) is 6.42 Å². The van der Waals surface area contributed by atoms with Crippen molar-refractivity contribution in [2.45, 2.75) is 25.3 Å². The summed E-state index contributed by atoms with van der Waals surface area (Å²) in [6.45, 7) is 0.716. The Morgan fingerprint density at radius 1 is 1.24 bits per heavy atom. The number of fused-ring (bicyclic) bond motifs is 1. The lowest BCUT2D eigenvalue weighted by Crippen LogP contribution is -2.29. The fourth-order valence-electron chi connectivity index (χ4n) is 2.65. The molecule has 1 fully saturated rings. The van der Waals surface area contributed by atoms with Gasteiger partial charge in [0.1, 0.15) is 5.69 Å². The highest BCUT2D eigenvalue weighted by molar-refractivity contribution is 6.06. The van der Waals surface area contributed by atoms with Gasteiger partial charge in [-0.2, -0.15) is 0 Å². The van der Waals surface area contributed by atoms with Crippen molar-refractivity contribution in [2.24, 2.45) is 0 Å². The van der Waals surface area contributed by atoms with E-state index in [4.69, 9.17) is 0 Å². The van der Waals surface area contributed by atoms with E-state index in [-0.39, 0.29) is 5.91 Å². The number of aromatic nitrogens is 2. The SMILES string of the molecule is O=C(c1ccnc(NC2CC2)n1)N1CCc2ccccc21. The quantitative estimate of drug-likeness (QED) is 0.937. The van der Waals surface area contributed by atoms with Crippen LogP contribution >= 0.6 is 0 Å². The number of amides is 1. The summed E-state index contributed by atoms with van der Waals surface area (Å²) in [6.07, 6.45) is 4.86. The van der Waals surface area contributed by atoms with Gasteiger partial charge in [0.05, 0.1) is 0 Å². The Morgan fingerprint density at radius 3 is 2.95 bits per heavy atom. The Kier molecular flexibility index (Phi) is 2.84. The largest absolute Gasteiger partial charge is 0.351 e. The summed E-state index contributed by atoms with van der Waals surface area (Å²) < 4.78 is 0. The molecule has 0 atom stereocenters. The van der Waals surface area contributed by atoms with Gasteiger partial charge in [0.2, 0.25) is 5.95 Å². The monoisotopic (exact) mass is 280 g/mol. The lowest BCUT2D eigenvalue weighted by Gasteiger charge is -2.17. The number of para-hydroxylation sites is 1. The molecular weight excluding hydrogens is 264 g/mol. The van der Waals surface area contributed by atoms with E-state index in [1.807, 2.05) is 18.2 Å². The number of benzene rings is 1. The molecule has 1 aromatic heterocycles. The van der Waals surface area contributed by atoms with Gasteiger partial charge in [-0.05, 0) is 37.0 Å². The van der Waals surface area contributed by atoms with Crippen molar-refractivity contribution in [3.63, 3.8) is 0 Å². The molecule has 0 spiro atoms. The molecule has 4 rings (SSSR count). The van der Waals surface area contributed by atoms with E-state index in [2.05, 4.69) is 21.4 Å². The van der Waals surface area contributed by atoms with E-state index in [9.17, 15) is 4.79 Å². The molecule has 1 aromatic carbocycles. The topological polar surface area (TPSA) is 58.1 Å². The first-order valence-electron chi connectivity index (χ1n) is 7.30. The zero-order valence-corrected chi connectivity index (χ0v) is 11.6. The van der Waals surface area contributed by atoms with Gasteiger partial charge >= 0.3 is 0 Å². The van der Waals surface area contributed by atoms with Crippen LogP contribution in [0.25, 0.3) is 0 Å². The number of hydrogen-bond acceptors (Lipinski definition) is 4. The van der Waals surface area contributed by atoms with E-state index in [0.717, 1.165) is 24.9 Å². The molecule has 0 unspecified atom stereocenters. The highest BCUT2D eigenvalue weighted by Crippen LogP contribution is 2.28. The molecule has 0 saturated heterocycles. The van der Waals surface area contributed by atoms with Crippen molar-refractivity contribution >= 4 is 17.5 Å². The fraction of sp³-hybridized carbons (Fsp3) is 0.312. The minimum atomic E-state index is -0.0544. The van der Waals surface area contributed by atoms with E-state index in [1.54, 1.807) is 17.2 Å². The minimum absolute atomic E-state index is 0.0544. The number of rotatable bonds is 3. The predicted octanol–water partition coefficient (Wildman–Crippen LogP) is 2.25. The number of anilines is 2. The second-order valence-corrected chi connectivity index (χ2v) is 5.52. The molecule has 0 bridgehead atoms. The third kappa shape index (κ3) is 2.35. The molecule has 106 valence electrons. The normalized spacial score (nSPS) is 16.7. The van der Waals surface area contributed by atoms with Crippen molar-refractivity contribution in [1.29, 1.82) is 0 Å². The summed E-state index contributed by atoms with van der Waals surface area (Å²) in [4.78, 5) is 23.0. The maximum absolute atomic E-state index is 12.7. The van der Waals surface area contributed by atoms with E-state index >= 15 is 0 Å². The number of carbonyl (C=O) groups is 1. The van der Waals surface area contributed by atoms with Crippen LogP contribution in [0.1, 0.15) is 28.9 Å². The molecule has 1 amide bonds. The summed E-state index contributed by atoms with van der Waals surface area (Å²) in [5, 5.41) is 3.23. The Morgan fingerprint density at radius 2 is 2.10 bits per heavy atom. The number of nitrogens with zero attached hydrogens (tertiary/aromatic N) is 3. The van der Waals surface area contributed by atoms with Crippen molar-refractivity contribution in [3.05, 3.63) is 47.8 Å². The minimum Gasteiger partial charge on any atom is -0.351 e. The molecule has 1 aliphatic carbocycles. The average Bonchev–Trinajstić information content (AvgIpc) is 3.23. The smallest absolute Gasteiger partial charge is 0.277 e. The van der Waals surface area contributed by atoms with Gasteiger partial charge in [0, 0.05) is 24.5 Å². The van der Waals surface area contributed by atoms with Crippen LogP contribution in [0.4, 0.5) is 11.6 Å². The van der Waals surface area contributed by atoms with Crippen LogP contribution in [-0.4, -0.2) is 28.5 Å². The van der Waals surface area contributed by atoms with Gasteiger partial charge in [-0.1, -0.05) is 18.2 Å². The summed E-state index contributed by atoms with van der Waals surface area (Å²) in [7, 11) is 0. The van der Waals surface area contributed by atoms with Gasteiger partial charge in [0.15, 0.2) is 0 Å². The van der Waals surface area contributed by atoms with Gasteiger partial charge in [-0.3, -0.25) is 4.79 Å². The standard InChI is InChI=1S/C16H16N4O/c21-15(20-10-8-11-3-1-2-4-14(11)20)13-7-9-17-16(19-13)18-12-5-6-12/h1-4,7,9,12H,5-6,8,10H2,(H,17,18,19). The summed E-state index contributed by atoms with van der Waals surface area (Å²) in [5.74, 6) is 0.497. The summed E-state index contributed by atoms with van der Waals surface area (Å²) in [5.41, 5.74) is 2.67. The van der Waals surface area contributed by atoms with E-state index in [1.165, 1.54) is 5.56 Å². The van der Waals surface area contributed by atoms with Gasteiger partial charge in [-0.15, -0.1) is 0 Å². The van der Waals surface area contributed by atoms with Crippen LogP contribution in [0.3, 0.4) is 0 Å². The molecule has 1 aliphatic heterocycles. The van der Waals surface area contributed by atoms with Crippen molar-refractivity contribution in [2.75, 3.05) is 16.8 Å². The van der Waals surface area contributed by atoms with Crippen LogP contribution < -0.4 is 10.2 Å². The number of nitrogens with one attached hydrogen (secondary N) is 1. The van der Waals surface area contributed by atoms with Crippen molar-refractivity contribution < 1.29 is 4.79 Å². The first kappa shape index (κ1) is 12.3. The van der Waals surface area contributed by atoms with E-state index < -0.39 is 0 Å². The zero-order chi connectivity index (χ0) is 14.2. The fourth-order valence-corrected chi connectivity index (χ4v) is 2.65. The molecule has 1 saturated carbocycles. The first-order chi connectivity index (χ1) is 10.3. The van der Waals surface area contributed by atoms with Gasteiger partial charge in [0.25, 0.3) is 5.91 Å². The Labute approximate surface area is 123 Å². The zero-order valence-electron chi connectivity index (χ0n) is 11.6. The molecule has 2 heterocycles. The van der Waals surface area contributed by atoms with Gasteiger partial charge in [-0.25, -0.2) is 9.97 Å². The predicted molar refractivity (Wildman–Crippen MR) is 80.5 cm³/mol. The van der Waals surface area contributed by atoms with Crippen LogP contribution in [0.5, 0.6) is 0 Å².